The predicted molar refractivity (Wildman–Crippen MR) is 66.8 cm³/mol. The van der Waals surface area contributed by atoms with E-state index < -0.39 is 0 Å². The molecule has 0 radical (unpaired) electrons. The zero-order chi connectivity index (χ0) is 12.4. The summed E-state index contributed by atoms with van der Waals surface area (Å²) in [6.07, 6.45) is 0.593. The van der Waals surface area contributed by atoms with Crippen molar-refractivity contribution in [2.24, 2.45) is 5.73 Å². The van der Waals surface area contributed by atoms with Gasteiger partial charge in [-0.2, -0.15) is 0 Å². The van der Waals surface area contributed by atoms with E-state index in [9.17, 15) is 5.11 Å². The maximum atomic E-state index is 9.21. The molecule has 0 aliphatic heterocycles. The summed E-state index contributed by atoms with van der Waals surface area (Å²) in [4.78, 5) is 0. The Balaban J connectivity index is 2.46. The number of hydrogen-bond acceptors (Lipinski definition) is 5. The number of phenols is 1. The largest absolute Gasteiger partial charge is 0.508 e. The van der Waals surface area contributed by atoms with Crippen LogP contribution in [0.15, 0.2) is 24.3 Å². The fourth-order valence-corrected chi connectivity index (χ4v) is 1.67. The highest BCUT2D eigenvalue weighted by molar-refractivity contribution is 5.58. The molecule has 17 heavy (non-hydrogen) atoms. The van der Waals surface area contributed by atoms with Crippen LogP contribution in [0.1, 0.15) is 5.56 Å². The summed E-state index contributed by atoms with van der Waals surface area (Å²) in [6.45, 7) is 0.468. The fraction of sp³-hybridized carbons (Fsp3) is 0.182. The molecule has 6 heteroatoms. The van der Waals surface area contributed by atoms with Crippen LogP contribution < -0.4 is 17.2 Å². The van der Waals surface area contributed by atoms with Crippen molar-refractivity contribution >= 4 is 11.6 Å². The summed E-state index contributed by atoms with van der Waals surface area (Å²) in [7, 11) is 0. The number of nitrogens with zero attached hydrogens (tertiary/aromatic N) is 2. The molecule has 7 N–H and O–H groups in total. The van der Waals surface area contributed by atoms with E-state index in [-0.39, 0.29) is 5.75 Å². The lowest BCUT2D eigenvalue weighted by Gasteiger charge is -2.04. The van der Waals surface area contributed by atoms with E-state index in [2.05, 4.69) is 5.10 Å². The van der Waals surface area contributed by atoms with Crippen LogP contribution in [0.2, 0.25) is 0 Å². The Hall–Kier alpha value is -2.21. The van der Waals surface area contributed by atoms with E-state index in [1.165, 1.54) is 0 Å². The molecule has 0 saturated carbocycles. The molecule has 6 nitrogen and oxygen atoms in total. The van der Waals surface area contributed by atoms with Gasteiger partial charge in [-0.25, -0.2) is 4.68 Å². The van der Waals surface area contributed by atoms with Gasteiger partial charge in [0, 0.05) is 5.56 Å². The zero-order valence-electron chi connectivity index (χ0n) is 9.30. The molecule has 0 fully saturated rings. The highest BCUT2D eigenvalue weighted by Gasteiger charge is 2.13. The number of nitrogens with two attached hydrogens (primary N) is 3. The number of aromatic hydroxyl groups is 1. The van der Waals surface area contributed by atoms with Gasteiger partial charge in [0.2, 0.25) is 0 Å². The van der Waals surface area contributed by atoms with Crippen LogP contribution in [-0.2, 0) is 6.42 Å². The molecular formula is C11H15N5O. The molecule has 2 aromatic rings. The van der Waals surface area contributed by atoms with Crippen molar-refractivity contribution < 1.29 is 5.11 Å². The third-order valence-electron chi connectivity index (χ3n) is 2.54. The lowest BCUT2D eigenvalue weighted by atomic mass is 10.2. The average Bonchev–Trinajstić information content (AvgIpc) is 2.59. The normalized spacial score (nSPS) is 10.6. The molecule has 0 spiro atoms. The van der Waals surface area contributed by atoms with Crippen molar-refractivity contribution in [2.75, 3.05) is 18.0 Å². The van der Waals surface area contributed by atoms with Gasteiger partial charge in [-0.05, 0) is 37.2 Å². The molecule has 1 heterocycles. The maximum absolute atomic E-state index is 9.21. The second-order valence-corrected chi connectivity index (χ2v) is 3.72. The van der Waals surface area contributed by atoms with Crippen LogP contribution in [0.25, 0.3) is 5.69 Å². The number of rotatable bonds is 3. The Kier molecular flexibility index (Phi) is 2.88. The molecule has 90 valence electrons. The summed E-state index contributed by atoms with van der Waals surface area (Å²) >= 11 is 0. The van der Waals surface area contributed by atoms with Crippen LogP contribution in [0, 0.1) is 0 Å². The monoisotopic (exact) mass is 233 g/mol. The Labute approximate surface area is 98.6 Å². The Morgan fingerprint density at radius 1 is 1.18 bits per heavy atom. The zero-order valence-corrected chi connectivity index (χ0v) is 9.30. The van der Waals surface area contributed by atoms with E-state index >= 15 is 0 Å². The molecule has 0 aliphatic rings. The number of aromatic nitrogens is 2. The highest BCUT2D eigenvalue weighted by atomic mass is 16.3. The number of hydrogen-bond donors (Lipinski definition) is 4. The minimum atomic E-state index is 0.189. The average molecular weight is 233 g/mol. The number of anilines is 2. The van der Waals surface area contributed by atoms with Crippen molar-refractivity contribution in [2.45, 2.75) is 6.42 Å². The van der Waals surface area contributed by atoms with Gasteiger partial charge in [0.25, 0.3) is 0 Å². The van der Waals surface area contributed by atoms with Crippen LogP contribution in [0.5, 0.6) is 5.75 Å². The maximum Gasteiger partial charge on any atom is 0.151 e. The summed E-state index contributed by atoms with van der Waals surface area (Å²) in [5.74, 6) is 1.06. The molecule has 0 atom stereocenters. The van der Waals surface area contributed by atoms with E-state index in [1.54, 1.807) is 28.9 Å². The summed E-state index contributed by atoms with van der Waals surface area (Å²) < 4.78 is 1.54. The lowest BCUT2D eigenvalue weighted by molar-refractivity contribution is 0.475. The summed E-state index contributed by atoms with van der Waals surface area (Å²) in [6, 6.07) is 6.55. The van der Waals surface area contributed by atoms with Gasteiger partial charge < -0.3 is 22.3 Å². The highest BCUT2D eigenvalue weighted by Crippen LogP contribution is 2.23. The first-order valence-corrected chi connectivity index (χ1v) is 5.25. The molecule has 0 amide bonds. The smallest absolute Gasteiger partial charge is 0.151 e. The van der Waals surface area contributed by atoms with Gasteiger partial charge in [-0.15, -0.1) is 5.10 Å². The van der Waals surface area contributed by atoms with Gasteiger partial charge in [-0.3, -0.25) is 0 Å². The SMILES string of the molecule is NCCc1c(N)nn(-c2ccc(O)cc2)c1N. The summed E-state index contributed by atoms with van der Waals surface area (Å²) in [5, 5.41) is 13.4. The minimum absolute atomic E-state index is 0.189. The van der Waals surface area contributed by atoms with Gasteiger partial charge in [0.1, 0.15) is 11.6 Å². The summed E-state index contributed by atoms with van der Waals surface area (Å²) in [5.41, 5.74) is 18.7. The van der Waals surface area contributed by atoms with Gasteiger partial charge in [-0.1, -0.05) is 0 Å². The lowest BCUT2D eigenvalue weighted by Crippen LogP contribution is -2.07. The molecular weight excluding hydrogens is 218 g/mol. The number of nitrogen functional groups attached to an aromatic ring is 2. The minimum Gasteiger partial charge on any atom is -0.508 e. The molecule has 0 unspecified atom stereocenters. The van der Waals surface area contributed by atoms with Crippen LogP contribution in [0.3, 0.4) is 0 Å². The number of benzene rings is 1. The quantitative estimate of drug-likeness (QED) is 0.606. The molecule has 0 saturated heterocycles. The van der Waals surface area contributed by atoms with Crippen molar-refractivity contribution in [3.63, 3.8) is 0 Å². The van der Waals surface area contributed by atoms with Crippen LogP contribution >= 0.6 is 0 Å². The van der Waals surface area contributed by atoms with Gasteiger partial charge in [0.15, 0.2) is 5.82 Å². The van der Waals surface area contributed by atoms with Gasteiger partial charge in [0.05, 0.1) is 5.69 Å². The Bertz CT molecular complexity index is 517. The molecule has 0 bridgehead atoms. The van der Waals surface area contributed by atoms with E-state index in [0.29, 0.717) is 24.6 Å². The van der Waals surface area contributed by atoms with Crippen molar-refractivity contribution in [3.05, 3.63) is 29.8 Å². The Morgan fingerprint density at radius 3 is 2.41 bits per heavy atom. The fourth-order valence-electron chi connectivity index (χ4n) is 1.67. The first kappa shape index (κ1) is 11.3. The predicted octanol–water partition coefficient (Wildman–Crippen LogP) is 0.243. The second-order valence-electron chi connectivity index (χ2n) is 3.72. The third-order valence-corrected chi connectivity index (χ3v) is 2.54. The molecule has 1 aromatic carbocycles. The van der Waals surface area contributed by atoms with E-state index in [0.717, 1.165) is 11.3 Å². The Morgan fingerprint density at radius 2 is 1.82 bits per heavy atom. The van der Waals surface area contributed by atoms with Crippen molar-refractivity contribution in [3.8, 4) is 11.4 Å². The second kappa shape index (κ2) is 4.34. The van der Waals surface area contributed by atoms with E-state index in [1.807, 2.05) is 0 Å². The van der Waals surface area contributed by atoms with Crippen molar-refractivity contribution in [1.29, 1.82) is 0 Å². The molecule has 2 rings (SSSR count). The molecule has 1 aromatic heterocycles. The number of phenolic OH excluding ortho intramolecular Hbond substituents is 1. The third kappa shape index (κ3) is 2.02. The first-order chi connectivity index (χ1) is 8.13. The molecule has 0 aliphatic carbocycles. The van der Waals surface area contributed by atoms with Crippen LogP contribution in [-0.4, -0.2) is 21.4 Å². The van der Waals surface area contributed by atoms with Crippen molar-refractivity contribution in [1.82, 2.24) is 9.78 Å². The standard InChI is InChI=1S/C11H15N5O/c12-6-5-9-10(13)15-16(11(9)14)7-1-3-8(17)4-2-7/h1-4,17H,5-6,12,14H2,(H2,13,15). The topological polar surface area (TPSA) is 116 Å². The van der Waals surface area contributed by atoms with E-state index in [4.69, 9.17) is 17.2 Å². The first-order valence-electron chi connectivity index (χ1n) is 5.25. The van der Waals surface area contributed by atoms with Crippen LogP contribution in [0.4, 0.5) is 11.6 Å². The van der Waals surface area contributed by atoms with Gasteiger partial charge >= 0.3 is 0 Å².